The number of hydrogen-bond donors (Lipinski definition) is 4. The third-order valence-corrected chi connectivity index (χ3v) is 2.69. The minimum absolute atomic E-state index is 0.263. The highest BCUT2D eigenvalue weighted by Crippen LogP contribution is 2.24. The predicted molar refractivity (Wildman–Crippen MR) is 66.8 cm³/mol. The highest BCUT2D eigenvalue weighted by atomic mass is 16.5. The van der Waals surface area contributed by atoms with Gasteiger partial charge >= 0.3 is 0 Å². The van der Waals surface area contributed by atoms with E-state index in [1.807, 2.05) is 24.3 Å². The van der Waals surface area contributed by atoms with Crippen molar-refractivity contribution in [2.24, 2.45) is 5.73 Å². The molecule has 2 rings (SSSR count). The van der Waals surface area contributed by atoms with E-state index < -0.39 is 6.23 Å². The van der Waals surface area contributed by atoms with Crippen LogP contribution in [0.5, 0.6) is 0 Å². The van der Waals surface area contributed by atoms with E-state index in [9.17, 15) is 5.11 Å². The fourth-order valence-corrected chi connectivity index (χ4v) is 1.72. The van der Waals surface area contributed by atoms with Crippen LogP contribution < -0.4 is 11.2 Å². The van der Waals surface area contributed by atoms with Crippen molar-refractivity contribution in [3.63, 3.8) is 0 Å². The summed E-state index contributed by atoms with van der Waals surface area (Å²) < 4.78 is 5.43. The van der Waals surface area contributed by atoms with Gasteiger partial charge in [-0.2, -0.15) is 5.48 Å². The van der Waals surface area contributed by atoms with Crippen molar-refractivity contribution >= 4 is 0 Å². The van der Waals surface area contributed by atoms with Gasteiger partial charge in [-0.3, -0.25) is 0 Å². The Kier molecular flexibility index (Phi) is 4.11. The van der Waals surface area contributed by atoms with Gasteiger partial charge in [-0.05, 0) is 30.7 Å². The van der Waals surface area contributed by atoms with Crippen LogP contribution in [0.25, 0.3) is 11.3 Å². The Morgan fingerprint density at radius 2 is 1.89 bits per heavy atom. The molecule has 0 spiro atoms. The zero-order chi connectivity index (χ0) is 13.0. The van der Waals surface area contributed by atoms with Gasteiger partial charge in [0.05, 0.1) is 0 Å². The number of aliphatic hydroxyl groups excluding tert-OH is 1. The van der Waals surface area contributed by atoms with E-state index in [-0.39, 0.29) is 5.76 Å². The molecule has 1 unspecified atom stereocenters. The van der Waals surface area contributed by atoms with Gasteiger partial charge in [0, 0.05) is 5.56 Å². The van der Waals surface area contributed by atoms with Crippen molar-refractivity contribution in [2.75, 3.05) is 6.54 Å². The standard InChI is InChI=1S/C13H16N2O3/c14-8-7-9-1-3-10(4-2-9)11-5-6-12(18-11)13(16)15-17/h1-6,13,15-17H,7-8,14H2. The van der Waals surface area contributed by atoms with Gasteiger partial charge in [0.2, 0.25) is 0 Å². The molecule has 0 fully saturated rings. The molecule has 96 valence electrons. The predicted octanol–water partition coefficient (Wildman–Crippen LogP) is 1.42. The van der Waals surface area contributed by atoms with Gasteiger partial charge in [-0.1, -0.05) is 24.3 Å². The maximum absolute atomic E-state index is 9.33. The van der Waals surface area contributed by atoms with E-state index in [4.69, 9.17) is 15.4 Å². The zero-order valence-electron chi connectivity index (χ0n) is 9.84. The highest BCUT2D eigenvalue weighted by Gasteiger charge is 2.11. The average molecular weight is 248 g/mol. The van der Waals surface area contributed by atoms with Crippen LogP contribution in [-0.2, 0) is 6.42 Å². The van der Waals surface area contributed by atoms with Crippen molar-refractivity contribution in [1.29, 1.82) is 0 Å². The van der Waals surface area contributed by atoms with Crippen molar-refractivity contribution < 1.29 is 14.7 Å². The lowest BCUT2D eigenvalue weighted by atomic mass is 10.1. The van der Waals surface area contributed by atoms with Crippen molar-refractivity contribution in [3.8, 4) is 11.3 Å². The number of hydroxylamine groups is 1. The second-order valence-electron chi connectivity index (χ2n) is 3.97. The SMILES string of the molecule is NCCc1ccc(-c2ccc(C(O)NO)o2)cc1. The molecule has 1 atom stereocenters. The molecule has 0 aliphatic rings. The molecule has 2 aromatic rings. The monoisotopic (exact) mass is 248 g/mol. The van der Waals surface area contributed by atoms with Gasteiger partial charge in [0.1, 0.15) is 11.5 Å². The summed E-state index contributed by atoms with van der Waals surface area (Å²) in [4.78, 5) is 0. The number of hydrogen-bond acceptors (Lipinski definition) is 5. The molecule has 5 heteroatoms. The summed E-state index contributed by atoms with van der Waals surface area (Å²) in [5.41, 5.74) is 9.29. The summed E-state index contributed by atoms with van der Waals surface area (Å²) in [7, 11) is 0. The fourth-order valence-electron chi connectivity index (χ4n) is 1.72. The molecule has 0 aliphatic carbocycles. The second kappa shape index (κ2) is 5.79. The molecule has 0 radical (unpaired) electrons. The molecule has 0 aliphatic heterocycles. The number of nitrogens with one attached hydrogen (secondary N) is 1. The van der Waals surface area contributed by atoms with E-state index in [0.717, 1.165) is 12.0 Å². The lowest BCUT2D eigenvalue weighted by Gasteiger charge is -2.04. The van der Waals surface area contributed by atoms with Crippen LogP contribution >= 0.6 is 0 Å². The Labute approximate surface area is 105 Å². The summed E-state index contributed by atoms with van der Waals surface area (Å²) in [6, 6.07) is 11.2. The lowest BCUT2D eigenvalue weighted by Crippen LogP contribution is -2.14. The van der Waals surface area contributed by atoms with Crippen LogP contribution in [-0.4, -0.2) is 16.9 Å². The maximum atomic E-state index is 9.33. The maximum Gasteiger partial charge on any atom is 0.185 e. The van der Waals surface area contributed by atoms with Crippen molar-refractivity contribution in [3.05, 3.63) is 47.7 Å². The first-order chi connectivity index (χ1) is 8.74. The Balaban J connectivity index is 2.18. The van der Waals surface area contributed by atoms with Crippen LogP contribution in [0.2, 0.25) is 0 Å². The van der Waals surface area contributed by atoms with Crippen LogP contribution in [0.1, 0.15) is 17.6 Å². The van der Waals surface area contributed by atoms with E-state index in [1.165, 1.54) is 5.56 Å². The number of rotatable bonds is 5. The van der Waals surface area contributed by atoms with Gasteiger partial charge in [0.25, 0.3) is 0 Å². The van der Waals surface area contributed by atoms with Gasteiger partial charge in [0.15, 0.2) is 6.23 Å². The minimum Gasteiger partial charge on any atom is -0.457 e. The third-order valence-electron chi connectivity index (χ3n) is 2.69. The zero-order valence-corrected chi connectivity index (χ0v) is 9.84. The summed E-state index contributed by atoms with van der Waals surface area (Å²) >= 11 is 0. The fraction of sp³-hybridized carbons (Fsp3) is 0.231. The number of furan rings is 1. The Morgan fingerprint density at radius 3 is 2.50 bits per heavy atom. The number of nitrogens with two attached hydrogens (primary N) is 1. The first-order valence-corrected chi connectivity index (χ1v) is 5.71. The molecule has 5 nitrogen and oxygen atoms in total. The minimum atomic E-state index is -1.21. The van der Waals surface area contributed by atoms with E-state index in [0.29, 0.717) is 12.3 Å². The smallest absolute Gasteiger partial charge is 0.185 e. The molecular weight excluding hydrogens is 232 g/mol. The summed E-state index contributed by atoms with van der Waals surface area (Å²) in [5, 5.41) is 17.9. The lowest BCUT2D eigenvalue weighted by molar-refractivity contribution is -0.0115. The Bertz CT molecular complexity index is 493. The van der Waals surface area contributed by atoms with Crippen molar-refractivity contribution in [1.82, 2.24) is 5.48 Å². The van der Waals surface area contributed by atoms with Crippen LogP contribution in [0.4, 0.5) is 0 Å². The third kappa shape index (κ3) is 2.77. The average Bonchev–Trinajstić information content (AvgIpc) is 2.89. The molecule has 0 amide bonds. The van der Waals surface area contributed by atoms with Gasteiger partial charge in [-0.25, -0.2) is 0 Å². The molecule has 1 aromatic heterocycles. The second-order valence-corrected chi connectivity index (χ2v) is 3.97. The largest absolute Gasteiger partial charge is 0.457 e. The first kappa shape index (κ1) is 12.8. The molecule has 1 aromatic carbocycles. The highest BCUT2D eigenvalue weighted by molar-refractivity contribution is 5.58. The van der Waals surface area contributed by atoms with Gasteiger partial charge < -0.3 is 20.5 Å². The Morgan fingerprint density at radius 1 is 1.17 bits per heavy atom. The molecular formula is C13H16N2O3. The molecule has 1 heterocycles. The molecule has 0 saturated heterocycles. The summed E-state index contributed by atoms with van der Waals surface area (Å²) in [6.45, 7) is 0.624. The summed E-state index contributed by atoms with van der Waals surface area (Å²) in [5.74, 6) is 0.900. The van der Waals surface area contributed by atoms with E-state index >= 15 is 0 Å². The molecule has 5 N–H and O–H groups in total. The van der Waals surface area contributed by atoms with Crippen LogP contribution in [0, 0.1) is 0 Å². The first-order valence-electron chi connectivity index (χ1n) is 5.71. The summed E-state index contributed by atoms with van der Waals surface area (Å²) in [6.07, 6.45) is -0.369. The normalized spacial score (nSPS) is 12.6. The number of benzene rings is 1. The van der Waals surface area contributed by atoms with Crippen LogP contribution in [0.3, 0.4) is 0 Å². The van der Waals surface area contributed by atoms with Crippen LogP contribution in [0.15, 0.2) is 40.8 Å². The molecule has 0 saturated carbocycles. The topological polar surface area (TPSA) is 91.7 Å². The quantitative estimate of drug-likeness (QED) is 0.474. The van der Waals surface area contributed by atoms with Crippen molar-refractivity contribution in [2.45, 2.75) is 12.6 Å². The molecule has 18 heavy (non-hydrogen) atoms. The van der Waals surface area contributed by atoms with Gasteiger partial charge in [-0.15, -0.1) is 0 Å². The van der Waals surface area contributed by atoms with E-state index in [2.05, 4.69) is 0 Å². The van der Waals surface area contributed by atoms with E-state index in [1.54, 1.807) is 17.6 Å². The number of aliphatic hydroxyl groups is 1. The molecule has 0 bridgehead atoms. The Hall–Kier alpha value is -1.66.